The fourth-order valence-electron chi connectivity index (χ4n) is 2.65. The lowest BCUT2D eigenvalue weighted by Crippen LogP contribution is -2.46. The van der Waals surface area contributed by atoms with Crippen molar-refractivity contribution in [3.63, 3.8) is 0 Å². The SMILES string of the molecule is Cc1ccc(S(=O)(=O)N(C)CC(=O)NNC(=O)c2ccccc2SCc2cscn2)cc1. The van der Waals surface area contributed by atoms with Gasteiger partial charge in [-0.05, 0) is 31.2 Å². The van der Waals surface area contributed by atoms with Gasteiger partial charge in [-0.3, -0.25) is 20.4 Å². The van der Waals surface area contributed by atoms with Gasteiger partial charge in [-0.15, -0.1) is 23.1 Å². The van der Waals surface area contributed by atoms with Crippen LogP contribution in [0.1, 0.15) is 21.6 Å². The van der Waals surface area contributed by atoms with Gasteiger partial charge in [0, 0.05) is 23.1 Å². The first-order valence-corrected chi connectivity index (χ1v) is 12.9. The minimum absolute atomic E-state index is 0.0912. The predicted molar refractivity (Wildman–Crippen MR) is 125 cm³/mol. The number of likely N-dealkylation sites (N-methyl/N-ethyl adjacent to an activating group) is 1. The van der Waals surface area contributed by atoms with Crippen LogP contribution in [0.3, 0.4) is 0 Å². The molecule has 8 nitrogen and oxygen atoms in total. The number of sulfonamides is 1. The van der Waals surface area contributed by atoms with Gasteiger partial charge in [0.1, 0.15) is 0 Å². The summed E-state index contributed by atoms with van der Waals surface area (Å²) in [6.07, 6.45) is 0. The van der Waals surface area contributed by atoms with Gasteiger partial charge < -0.3 is 0 Å². The minimum atomic E-state index is -3.83. The van der Waals surface area contributed by atoms with Crippen LogP contribution in [0.4, 0.5) is 0 Å². The highest BCUT2D eigenvalue weighted by Crippen LogP contribution is 2.26. The third kappa shape index (κ3) is 6.16. The molecule has 0 atom stereocenters. The van der Waals surface area contributed by atoms with Crippen LogP contribution in [0.15, 0.2) is 69.2 Å². The molecule has 3 rings (SSSR count). The number of carbonyl (C=O) groups is 2. The second-order valence-electron chi connectivity index (χ2n) is 6.84. The summed E-state index contributed by atoms with van der Waals surface area (Å²) in [4.78, 5) is 29.9. The Labute approximate surface area is 195 Å². The van der Waals surface area contributed by atoms with E-state index in [-0.39, 0.29) is 4.90 Å². The maximum atomic E-state index is 12.6. The Hall–Kier alpha value is -2.73. The van der Waals surface area contributed by atoms with Gasteiger partial charge >= 0.3 is 0 Å². The largest absolute Gasteiger partial charge is 0.272 e. The second kappa shape index (κ2) is 10.7. The molecule has 32 heavy (non-hydrogen) atoms. The molecular weight excluding hydrogens is 468 g/mol. The summed E-state index contributed by atoms with van der Waals surface area (Å²) in [5.41, 5.74) is 8.62. The molecule has 2 N–H and O–H groups in total. The molecule has 0 spiro atoms. The lowest BCUT2D eigenvalue weighted by atomic mass is 10.2. The quantitative estimate of drug-likeness (QED) is 0.371. The molecule has 1 heterocycles. The Bertz CT molecular complexity index is 1180. The molecule has 0 aliphatic heterocycles. The third-order valence-corrected chi connectivity index (χ3v) is 7.96. The zero-order valence-electron chi connectivity index (χ0n) is 17.4. The van der Waals surface area contributed by atoms with Crippen molar-refractivity contribution >= 4 is 44.9 Å². The Balaban J connectivity index is 1.56. The Morgan fingerprint density at radius 1 is 1.09 bits per heavy atom. The van der Waals surface area contributed by atoms with Crippen LogP contribution in [0.25, 0.3) is 0 Å². The number of aromatic nitrogens is 1. The first-order valence-electron chi connectivity index (χ1n) is 9.48. The standard InChI is InChI=1S/C21H22N4O4S3/c1-15-7-9-17(10-8-15)32(28,29)25(2)11-20(26)23-24-21(27)18-5-3-4-6-19(18)31-13-16-12-30-14-22-16/h3-10,12,14H,11,13H2,1-2H3,(H,23,26)(H,24,27). The molecule has 168 valence electrons. The van der Waals surface area contributed by atoms with Gasteiger partial charge in [0.15, 0.2) is 0 Å². The highest BCUT2D eigenvalue weighted by atomic mass is 32.2. The topological polar surface area (TPSA) is 108 Å². The van der Waals surface area contributed by atoms with E-state index in [1.54, 1.807) is 29.8 Å². The van der Waals surface area contributed by atoms with Crippen molar-refractivity contribution in [1.82, 2.24) is 20.1 Å². The molecule has 0 fully saturated rings. The van der Waals surface area contributed by atoms with Crippen LogP contribution < -0.4 is 10.9 Å². The molecule has 11 heteroatoms. The Kier molecular flexibility index (Phi) is 8.02. The van der Waals surface area contributed by atoms with Gasteiger partial charge in [-0.25, -0.2) is 13.4 Å². The number of hydrogen-bond donors (Lipinski definition) is 2. The number of thiazole rings is 1. The van der Waals surface area contributed by atoms with E-state index >= 15 is 0 Å². The van der Waals surface area contributed by atoms with E-state index in [1.807, 2.05) is 24.4 Å². The van der Waals surface area contributed by atoms with E-state index in [1.165, 1.54) is 42.3 Å². The Morgan fingerprint density at radius 2 is 1.81 bits per heavy atom. The molecule has 0 aliphatic rings. The van der Waals surface area contributed by atoms with E-state index in [2.05, 4.69) is 15.8 Å². The van der Waals surface area contributed by atoms with Crippen molar-refractivity contribution in [2.75, 3.05) is 13.6 Å². The number of aryl methyl sites for hydroxylation is 1. The lowest BCUT2D eigenvalue weighted by molar-refractivity contribution is -0.121. The van der Waals surface area contributed by atoms with Crippen LogP contribution in [0.5, 0.6) is 0 Å². The molecule has 2 amide bonds. The molecule has 2 aromatic carbocycles. The van der Waals surface area contributed by atoms with Crippen molar-refractivity contribution in [2.24, 2.45) is 0 Å². The maximum Gasteiger partial charge on any atom is 0.270 e. The van der Waals surface area contributed by atoms with Crippen molar-refractivity contribution in [3.05, 3.63) is 76.2 Å². The fourth-order valence-corrected chi connectivity index (χ4v) is 5.39. The molecule has 0 saturated carbocycles. The summed E-state index contributed by atoms with van der Waals surface area (Å²) < 4.78 is 26.1. The molecule has 1 aromatic heterocycles. The van der Waals surface area contributed by atoms with E-state index in [9.17, 15) is 18.0 Å². The van der Waals surface area contributed by atoms with E-state index in [0.717, 1.165) is 20.5 Å². The highest BCUT2D eigenvalue weighted by molar-refractivity contribution is 7.98. The average molecular weight is 491 g/mol. The number of rotatable bonds is 8. The van der Waals surface area contributed by atoms with Crippen molar-refractivity contribution in [2.45, 2.75) is 22.5 Å². The van der Waals surface area contributed by atoms with Crippen LogP contribution >= 0.6 is 23.1 Å². The first-order chi connectivity index (χ1) is 15.3. The number of hydrogen-bond acceptors (Lipinski definition) is 7. The number of hydrazine groups is 1. The van der Waals surface area contributed by atoms with Crippen molar-refractivity contribution in [1.29, 1.82) is 0 Å². The van der Waals surface area contributed by atoms with Gasteiger partial charge in [0.25, 0.3) is 11.8 Å². The second-order valence-corrected chi connectivity index (χ2v) is 10.6. The van der Waals surface area contributed by atoms with Gasteiger partial charge in [-0.1, -0.05) is 29.8 Å². The van der Waals surface area contributed by atoms with Crippen molar-refractivity contribution < 1.29 is 18.0 Å². The maximum absolute atomic E-state index is 12.6. The number of carbonyl (C=O) groups excluding carboxylic acids is 2. The average Bonchev–Trinajstić information content (AvgIpc) is 3.30. The lowest BCUT2D eigenvalue weighted by Gasteiger charge is -2.17. The third-order valence-electron chi connectivity index (χ3n) is 4.40. The normalized spacial score (nSPS) is 11.3. The van der Waals surface area contributed by atoms with Crippen molar-refractivity contribution in [3.8, 4) is 0 Å². The molecule has 0 radical (unpaired) electrons. The molecule has 3 aromatic rings. The monoisotopic (exact) mass is 490 g/mol. The number of nitrogens with zero attached hydrogens (tertiary/aromatic N) is 2. The summed E-state index contributed by atoms with van der Waals surface area (Å²) in [6.45, 7) is 1.41. The molecule has 0 bridgehead atoms. The molecular formula is C21H22N4O4S3. The van der Waals surface area contributed by atoms with Gasteiger partial charge in [-0.2, -0.15) is 4.31 Å². The number of thioether (sulfide) groups is 1. The summed E-state index contributed by atoms with van der Waals surface area (Å²) in [5, 5.41) is 1.94. The molecule has 0 aliphatic carbocycles. The Morgan fingerprint density at radius 3 is 2.50 bits per heavy atom. The van der Waals surface area contributed by atoms with E-state index in [4.69, 9.17) is 0 Å². The molecule has 0 saturated heterocycles. The summed E-state index contributed by atoms with van der Waals surface area (Å²) >= 11 is 2.97. The molecule has 0 unspecified atom stereocenters. The summed E-state index contributed by atoms with van der Waals surface area (Å²) in [7, 11) is -2.52. The number of amides is 2. The van der Waals surface area contributed by atoms with Crippen LogP contribution in [-0.2, 0) is 20.6 Å². The summed E-state index contributed by atoms with van der Waals surface area (Å²) in [5.74, 6) is -0.546. The smallest absolute Gasteiger partial charge is 0.270 e. The fraction of sp³-hybridized carbons (Fsp3) is 0.190. The van der Waals surface area contributed by atoms with Gasteiger partial charge in [0.2, 0.25) is 10.0 Å². The zero-order valence-corrected chi connectivity index (χ0v) is 19.9. The van der Waals surface area contributed by atoms with Gasteiger partial charge in [0.05, 0.1) is 28.2 Å². The number of benzene rings is 2. The number of nitrogens with one attached hydrogen (secondary N) is 2. The van der Waals surface area contributed by atoms with E-state index in [0.29, 0.717) is 11.3 Å². The van der Waals surface area contributed by atoms with E-state index < -0.39 is 28.4 Å². The predicted octanol–water partition coefficient (Wildman–Crippen LogP) is 2.83. The summed E-state index contributed by atoms with van der Waals surface area (Å²) in [6, 6.07) is 13.4. The van der Waals surface area contributed by atoms with Crippen LogP contribution in [0, 0.1) is 6.92 Å². The zero-order chi connectivity index (χ0) is 23.1. The minimum Gasteiger partial charge on any atom is -0.272 e. The van der Waals surface area contributed by atoms with Crippen LogP contribution in [-0.4, -0.2) is 43.1 Å². The first kappa shape index (κ1) is 23.9. The van der Waals surface area contributed by atoms with Crippen LogP contribution in [0.2, 0.25) is 0 Å². The highest BCUT2D eigenvalue weighted by Gasteiger charge is 2.23.